The molecule has 1 atom stereocenters. The first-order valence-corrected chi connectivity index (χ1v) is 5.56. The second-order valence-corrected chi connectivity index (χ2v) is 3.80. The summed E-state index contributed by atoms with van der Waals surface area (Å²) in [5, 5.41) is 2.92. The number of hydrogen-bond donors (Lipinski definition) is 2. The van der Waals surface area contributed by atoms with Crippen molar-refractivity contribution in [2.45, 2.75) is 26.3 Å². The summed E-state index contributed by atoms with van der Waals surface area (Å²) in [4.78, 5) is 19.1. The Bertz CT molecular complexity index is 488. The van der Waals surface area contributed by atoms with Crippen LogP contribution in [0.2, 0.25) is 0 Å². The smallest absolute Gasteiger partial charge is 0.255 e. The number of aromatic nitrogens is 2. The second kappa shape index (κ2) is 4.86. The highest BCUT2D eigenvalue weighted by Crippen LogP contribution is 2.14. The molecule has 2 heterocycles. The Balaban J connectivity index is 2.10. The van der Waals surface area contributed by atoms with Crippen molar-refractivity contribution in [2.24, 2.45) is 0 Å². The van der Waals surface area contributed by atoms with Gasteiger partial charge < -0.3 is 14.7 Å². The number of nitrogens with zero attached hydrogens (tertiary/aromatic N) is 1. The molecule has 0 saturated heterocycles. The van der Waals surface area contributed by atoms with Crippen molar-refractivity contribution in [2.75, 3.05) is 0 Å². The molecule has 5 nitrogen and oxygen atoms in total. The number of aryl methyl sites for hydroxylation is 1. The molecule has 1 amide bonds. The van der Waals surface area contributed by atoms with E-state index in [0.717, 1.165) is 12.2 Å². The van der Waals surface area contributed by atoms with Gasteiger partial charge in [0.2, 0.25) is 0 Å². The molecule has 0 aliphatic heterocycles. The average Bonchev–Trinajstić information content (AvgIpc) is 2.96. The van der Waals surface area contributed by atoms with Crippen LogP contribution >= 0.6 is 0 Å². The lowest BCUT2D eigenvalue weighted by Gasteiger charge is -2.14. The number of aromatic amines is 1. The molecule has 2 aromatic heterocycles. The predicted octanol–water partition coefficient (Wildman–Crippen LogP) is 2.19. The first-order chi connectivity index (χ1) is 8.22. The summed E-state index contributed by atoms with van der Waals surface area (Å²) in [6.07, 6.45) is 5.70. The molecule has 0 aliphatic rings. The lowest BCUT2D eigenvalue weighted by molar-refractivity contribution is 0.0932. The van der Waals surface area contributed by atoms with Gasteiger partial charge in [0.05, 0.1) is 17.9 Å². The molecule has 0 bridgehead atoms. The predicted molar refractivity (Wildman–Crippen MR) is 62.5 cm³/mol. The van der Waals surface area contributed by atoms with E-state index in [2.05, 4.69) is 15.3 Å². The molecule has 1 unspecified atom stereocenters. The molecule has 5 heteroatoms. The number of amides is 1. The van der Waals surface area contributed by atoms with Gasteiger partial charge in [0.1, 0.15) is 11.6 Å². The maximum Gasteiger partial charge on any atom is 0.255 e. The molecule has 0 fully saturated rings. The number of carbonyl (C=O) groups is 1. The van der Waals surface area contributed by atoms with E-state index in [0.29, 0.717) is 11.3 Å². The zero-order valence-corrected chi connectivity index (χ0v) is 9.86. The number of hydrogen-bond acceptors (Lipinski definition) is 3. The maximum absolute atomic E-state index is 12.0. The number of carbonyl (C=O) groups excluding carboxylic acids is 1. The van der Waals surface area contributed by atoms with Crippen LogP contribution in [0, 0.1) is 6.92 Å². The third-order valence-corrected chi connectivity index (χ3v) is 2.67. The van der Waals surface area contributed by atoms with E-state index in [1.807, 2.05) is 6.92 Å². The van der Waals surface area contributed by atoms with E-state index in [1.54, 1.807) is 25.4 Å². The molecule has 0 saturated carbocycles. The molecule has 17 heavy (non-hydrogen) atoms. The normalized spacial score (nSPS) is 12.4. The SMILES string of the molecule is CCC(NC(=O)c1ccoc1C)c1ncc[nH]1. The summed E-state index contributed by atoms with van der Waals surface area (Å²) >= 11 is 0. The average molecular weight is 233 g/mol. The minimum absolute atomic E-state index is 0.105. The van der Waals surface area contributed by atoms with Crippen LogP contribution in [-0.2, 0) is 0 Å². The highest BCUT2D eigenvalue weighted by molar-refractivity contribution is 5.95. The van der Waals surface area contributed by atoms with Crippen LogP contribution in [-0.4, -0.2) is 15.9 Å². The van der Waals surface area contributed by atoms with Crippen LogP contribution in [0.25, 0.3) is 0 Å². The molecular formula is C12H15N3O2. The Labute approximate surface area is 99.2 Å². The standard InChI is InChI=1S/C12H15N3O2/c1-3-10(11-13-5-6-14-11)15-12(16)9-4-7-17-8(9)2/h4-7,10H,3H2,1-2H3,(H,13,14)(H,15,16). The zero-order valence-electron chi connectivity index (χ0n) is 9.86. The molecule has 0 spiro atoms. The molecule has 2 aromatic rings. The number of furan rings is 1. The van der Waals surface area contributed by atoms with Gasteiger partial charge in [-0.05, 0) is 19.4 Å². The summed E-state index contributed by atoms with van der Waals surface area (Å²) in [6.45, 7) is 3.76. The number of imidazole rings is 1. The minimum Gasteiger partial charge on any atom is -0.469 e. The van der Waals surface area contributed by atoms with Gasteiger partial charge >= 0.3 is 0 Å². The maximum atomic E-state index is 12.0. The van der Waals surface area contributed by atoms with Crippen molar-refractivity contribution in [1.82, 2.24) is 15.3 Å². The fourth-order valence-corrected chi connectivity index (χ4v) is 1.69. The van der Waals surface area contributed by atoms with Crippen molar-refractivity contribution in [1.29, 1.82) is 0 Å². The molecule has 0 aromatic carbocycles. The van der Waals surface area contributed by atoms with Gasteiger partial charge in [-0.2, -0.15) is 0 Å². The summed E-state index contributed by atoms with van der Waals surface area (Å²) in [6, 6.07) is 1.56. The fourth-order valence-electron chi connectivity index (χ4n) is 1.69. The topological polar surface area (TPSA) is 70.9 Å². The fraction of sp³-hybridized carbons (Fsp3) is 0.333. The molecular weight excluding hydrogens is 218 g/mol. The molecule has 0 aliphatic carbocycles. The Hall–Kier alpha value is -2.04. The molecule has 2 rings (SSSR count). The summed E-state index contributed by atoms with van der Waals surface area (Å²) < 4.78 is 5.11. The summed E-state index contributed by atoms with van der Waals surface area (Å²) in [5.74, 6) is 1.25. The van der Waals surface area contributed by atoms with E-state index >= 15 is 0 Å². The first-order valence-electron chi connectivity index (χ1n) is 5.56. The van der Waals surface area contributed by atoms with E-state index in [-0.39, 0.29) is 11.9 Å². The minimum atomic E-state index is -0.139. The van der Waals surface area contributed by atoms with Gasteiger partial charge in [-0.3, -0.25) is 4.79 Å². The van der Waals surface area contributed by atoms with Crippen molar-refractivity contribution < 1.29 is 9.21 Å². The lowest BCUT2D eigenvalue weighted by Crippen LogP contribution is -2.29. The van der Waals surface area contributed by atoms with E-state index < -0.39 is 0 Å². The van der Waals surface area contributed by atoms with Gasteiger partial charge in [0.15, 0.2) is 0 Å². The van der Waals surface area contributed by atoms with Gasteiger partial charge in [-0.25, -0.2) is 4.98 Å². The number of nitrogens with one attached hydrogen (secondary N) is 2. The van der Waals surface area contributed by atoms with Crippen LogP contribution < -0.4 is 5.32 Å². The monoisotopic (exact) mass is 233 g/mol. The van der Waals surface area contributed by atoms with Crippen LogP contribution in [0.15, 0.2) is 29.1 Å². The Morgan fingerprint density at radius 1 is 1.65 bits per heavy atom. The van der Waals surface area contributed by atoms with Gasteiger partial charge in [0.25, 0.3) is 5.91 Å². The largest absolute Gasteiger partial charge is 0.469 e. The highest BCUT2D eigenvalue weighted by atomic mass is 16.3. The number of rotatable bonds is 4. The van der Waals surface area contributed by atoms with Crippen LogP contribution in [0.5, 0.6) is 0 Å². The Kier molecular flexibility index (Phi) is 3.27. The quantitative estimate of drug-likeness (QED) is 0.850. The number of H-pyrrole nitrogens is 1. The molecule has 0 radical (unpaired) electrons. The van der Waals surface area contributed by atoms with Gasteiger partial charge in [-0.15, -0.1) is 0 Å². The molecule has 2 N–H and O–H groups in total. The van der Waals surface area contributed by atoms with E-state index in [1.165, 1.54) is 6.26 Å². The summed E-state index contributed by atoms with van der Waals surface area (Å²) in [5.41, 5.74) is 0.565. The molecule has 90 valence electrons. The third-order valence-electron chi connectivity index (χ3n) is 2.67. The van der Waals surface area contributed by atoms with Gasteiger partial charge in [0, 0.05) is 12.4 Å². The lowest BCUT2D eigenvalue weighted by atomic mass is 10.2. The van der Waals surface area contributed by atoms with Crippen molar-refractivity contribution in [3.8, 4) is 0 Å². The third kappa shape index (κ3) is 2.38. The highest BCUT2D eigenvalue weighted by Gasteiger charge is 2.18. The van der Waals surface area contributed by atoms with Crippen molar-refractivity contribution in [3.63, 3.8) is 0 Å². The van der Waals surface area contributed by atoms with Crippen LogP contribution in [0.1, 0.15) is 41.3 Å². The van der Waals surface area contributed by atoms with Gasteiger partial charge in [-0.1, -0.05) is 6.92 Å². The Morgan fingerprint density at radius 3 is 3.00 bits per heavy atom. The van der Waals surface area contributed by atoms with Crippen molar-refractivity contribution in [3.05, 3.63) is 41.9 Å². The van der Waals surface area contributed by atoms with Crippen molar-refractivity contribution >= 4 is 5.91 Å². The summed E-state index contributed by atoms with van der Waals surface area (Å²) in [7, 11) is 0. The Morgan fingerprint density at radius 2 is 2.47 bits per heavy atom. The van der Waals surface area contributed by atoms with Crippen LogP contribution in [0.4, 0.5) is 0 Å². The van der Waals surface area contributed by atoms with E-state index in [9.17, 15) is 4.79 Å². The van der Waals surface area contributed by atoms with Crippen LogP contribution in [0.3, 0.4) is 0 Å². The second-order valence-electron chi connectivity index (χ2n) is 3.80. The zero-order chi connectivity index (χ0) is 12.3. The van der Waals surface area contributed by atoms with E-state index in [4.69, 9.17) is 4.42 Å². The first kappa shape index (κ1) is 11.4.